The number of nitrogens with two attached hydrogens (primary N) is 1. The number of methoxy groups -OCH3 is 1. The molecule has 0 saturated carbocycles. The van der Waals surface area contributed by atoms with Crippen molar-refractivity contribution in [1.82, 2.24) is 24.5 Å². The van der Waals surface area contributed by atoms with Crippen molar-refractivity contribution in [2.24, 2.45) is 5.73 Å². The number of nitrogens with one attached hydrogen (secondary N) is 1. The van der Waals surface area contributed by atoms with Crippen molar-refractivity contribution >= 4 is 17.0 Å². The van der Waals surface area contributed by atoms with E-state index in [9.17, 15) is 0 Å². The van der Waals surface area contributed by atoms with Gasteiger partial charge < -0.3 is 15.8 Å². The Morgan fingerprint density at radius 3 is 2.81 bits per heavy atom. The molecule has 26 heavy (non-hydrogen) atoms. The summed E-state index contributed by atoms with van der Waals surface area (Å²) in [5.74, 6) is 1.34. The monoisotopic (exact) mass is 353 g/mol. The van der Waals surface area contributed by atoms with E-state index >= 15 is 0 Å². The Morgan fingerprint density at radius 2 is 2.08 bits per heavy atom. The molecule has 136 valence electrons. The number of aromatic nitrogens is 4. The van der Waals surface area contributed by atoms with E-state index in [2.05, 4.69) is 31.3 Å². The first-order valence-corrected chi connectivity index (χ1v) is 8.79. The second kappa shape index (κ2) is 7.27. The second-order valence-electron chi connectivity index (χ2n) is 6.57. The molecule has 0 atom stereocenters. The van der Waals surface area contributed by atoms with Crippen molar-refractivity contribution in [3.8, 4) is 5.88 Å². The third-order valence-electron chi connectivity index (χ3n) is 4.77. The minimum atomic E-state index is 0.333. The molecule has 1 saturated heterocycles. The van der Waals surface area contributed by atoms with E-state index in [1.165, 1.54) is 5.56 Å². The molecule has 3 aromatic heterocycles. The van der Waals surface area contributed by atoms with Crippen molar-refractivity contribution in [2.45, 2.75) is 25.4 Å². The number of likely N-dealkylation sites (tertiary alicyclic amines) is 1. The number of fused-ring (bicyclic) bond motifs is 1. The number of hydrogen-bond donors (Lipinski definition) is 2. The largest absolute Gasteiger partial charge is 0.481 e. The molecule has 0 radical (unpaired) electrons. The fraction of sp³-hybridized carbons (Fsp3) is 0.389. The molecule has 4 heterocycles. The number of hydrogen-bond acceptors (Lipinski definition) is 7. The van der Waals surface area contributed by atoms with E-state index in [-0.39, 0.29) is 0 Å². The lowest BCUT2D eigenvalue weighted by atomic mass is 10.1. The molecule has 8 nitrogen and oxygen atoms in total. The van der Waals surface area contributed by atoms with Crippen molar-refractivity contribution in [3.05, 3.63) is 42.5 Å². The number of nitrogens with zero attached hydrogens (tertiary/aromatic N) is 5. The Morgan fingerprint density at radius 1 is 1.23 bits per heavy atom. The minimum Gasteiger partial charge on any atom is -0.481 e. The van der Waals surface area contributed by atoms with E-state index in [1.54, 1.807) is 19.6 Å². The van der Waals surface area contributed by atoms with Gasteiger partial charge in [-0.05, 0) is 43.6 Å². The van der Waals surface area contributed by atoms with Gasteiger partial charge in [-0.25, -0.2) is 14.5 Å². The van der Waals surface area contributed by atoms with Gasteiger partial charge >= 0.3 is 0 Å². The molecule has 0 aliphatic carbocycles. The van der Waals surface area contributed by atoms with Gasteiger partial charge in [0, 0.05) is 24.8 Å². The molecule has 0 spiro atoms. The van der Waals surface area contributed by atoms with E-state index in [1.807, 2.05) is 22.8 Å². The van der Waals surface area contributed by atoms with Gasteiger partial charge in [-0.3, -0.25) is 4.90 Å². The van der Waals surface area contributed by atoms with Gasteiger partial charge in [-0.1, -0.05) is 0 Å². The van der Waals surface area contributed by atoms with Crippen LogP contribution in [0.4, 0.5) is 11.5 Å². The van der Waals surface area contributed by atoms with Gasteiger partial charge in [-0.2, -0.15) is 5.10 Å². The summed E-state index contributed by atoms with van der Waals surface area (Å²) in [7, 11) is 1.60. The molecule has 4 rings (SSSR count). The van der Waals surface area contributed by atoms with Gasteiger partial charge in [0.05, 0.1) is 19.0 Å². The lowest BCUT2D eigenvalue weighted by Gasteiger charge is -2.29. The zero-order valence-corrected chi connectivity index (χ0v) is 14.8. The predicted molar refractivity (Wildman–Crippen MR) is 99.5 cm³/mol. The van der Waals surface area contributed by atoms with Crippen molar-refractivity contribution in [2.75, 3.05) is 25.5 Å². The molecular weight excluding hydrogens is 330 g/mol. The van der Waals surface area contributed by atoms with Crippen molar-refractivity contribution in [1.29, 1.82) is 0 Å². The molecule has 1 aliphatic heterocycles. The highest BCUT2D eigenvalue weighted by Gasteiger charge is 2.18. The van der Waals surface area contributed by atoms with Gasteiger partial charge in [0.25, 0.3) is 0 Å². The quantitative estimate of drug-likeness (QED) is 0.722. The molecule has 0 unspecified atom stereocenters. The zero-order chi connectivity index (χ0) is 17.9. The van der Waals surface area contributed by atoms with Crippen LogP contribution < -0.4 is 15.8 Å². The number of piperidine rings is 1. The molecule has 3 N–H and O–H groups in total. The lowest BCUT2D eigenvalue weighted by Crippen LogP contribution is -2.39. The average molecular weight is 353 g/mol. The Kier molecular flexibility index (Phi) is 4.68. The first kappa shape index (κ1) is 16.7. The summed E-state index contributed by atoms with van der Waals surface area (Å²) in [4.78, 5) is 11.1. The van der Waals surface area contributed by atoms with Crippen LogP contribution in [-0.4, -0.2) is 50.7 Å². The van der Waals surface area contributed by atoms with Gasteiger partial charge in [-0.15, -0.1) is 0 Å². The Labute approximate surface area is 152 Å². The van der Waals surface area contributed by atoms with Crippen LogP contribution in [0.15, 0.2) is 36.9 Å². The summed E-state index contributed by atoms with van der Waals surface area (Å²) in [6.45, 7) is 2.92. The fourth-order valence-corrected chi connectivity index (χ4v) is 3.30. The standard InChI is InChI=1S/C18H23N7O/c1-26-16-3-2-15(10-20-16)23-18-17-13(4-9-25(17)22-12-21-18)11-24-7-5-14(19)6-8-24/h2-4,9-10,12,14H,5-8,11,19H2,1H3,(H,21,22,23). The fourth-order valence-electron chi connectivity index (χ4n) is 3.30. The molecular formula is C18H23N7O. The summed E-state index contributed by atoms with van der Waals surface area (Å²) in [6, 6.07) is 6.17. The Hall–Kier alpha value is -2.71. The normalized spacial score (nSPS) is 16.1. The third kappa shape index (κ3) is 3.47. The van der Waals surface area contributed by atoms with Gasteiger partial charge in [0.1, 0.15) is 11.8 Å². The highest BCUT2D eigenvalue weighted by Crippen LogP contribution is 2.25. The van der Waals surface area contributed by atoms with Crippen LogP contribution in [0.25, 0.3) is 5.52 Å². The van der Waals surface area contributed by atoms with Crippen LogP contribution >= 0.6 is 0 Å². The smallest absolute Gasteiger partial charge is 0.213 e. The van der Waals surface area contributed by atoms with E-state index in [4.69, 9.17) is 10.5 Å². The van der Waals surface area contributed by atoms with Crippen LogP contribution in [0.3, 0.4) is 0 Å². The van der Waals surface area contributed by atoms with E-state index < -0.39 is 0 Å². The molecule has 0 bridgehead atoms. The molecule has 3 aromatic rings. The van der Waals surface area contributed by atoms with Gasteiger partial charge in [0.2, 0.25) is 5.88 Å². The summed E-state index contributed by atoms with van der Waals surface area (Å²) >= 11 is 0. The zero-order valence-electron chi connectivity index (χ0n) is 14.8. The third-order valence-corrected chi connectivity index (χ3v) is 4.77. The maximum atomic E-state index is 6.02. The highest BCUT2D eigenvalue weighted by molar-refractivity contribution is 5.76. The molecule has 1 aliphatic rings. The van der Waals surface area contributed by atoms with Crippen LogP contribution in [-0.2, 0) is 6.54 Å². The predicted octanol–water partition coefficient (Wildman–Crippen LogP) is 1.80. The summed E-state index contributed by atoms with van der Waals surface area (Å²) in [6.07, 6.45) is 7.34. The Bertz CT molecular complexity index is 869. The van der Waals surface area contributed by atoms with E-state index in [0.717, 1.165) is 49.5 Å². The summed E-state index contributed by atoms with van der Waals surface area (Å²) in [5, 5.41) is 7.67. The van der Waals surface area contributed by atoms with Crippen molar-refractivity contribution < 1.29 is 4.74 Å². The lowest BCUT2D eigenvalue weighted by molar-refractivity contribution is 0.206. The molecule has 8 heteroatoms. The number of anilines is 2. The van der Waals surface area contributed by atoms with Gasteiger partial charge in [0.15, 0.2) is 5.82 Å². The first-order chi connectivity index (χ1) is 12.7. The molecule has 0 aromatic carbocycles. The Balaban J connectivity index is 1.59. The SMILES string of the molecule is COc1ccc(Nc2ncnn3ccc(CN4CCC(N)CC4)c23)cn1. The average Bonchev–Trinajstić information content (AvgIpc) is 3.08. The van der Waals surface area contributed by atoms with E-state index in [0.29, 0.717) is 11.9 Å². The maximum absolute atomic E-state index is 6.02. The number of ether oxygens (including phenoxy) is 1. The number of pyridine rings is 1. The first-order valence-electron chi connectivity index (χ1n) is 8.79. The van der Waals surface area contributed by atoms with Crippen LogP contribution in [0, 0.1) is 0 Å². The summed E-state index contributed by atoms with van der Waals surface area (Å²) < 4.78 is 6.96. The van der Waals surface area contributed by atoms with Crippen LogP contribution in [0.1, 0.15) is 18.4 Å². The topological polar surface area (TPSA) is 93.6 Å². The second-order valence-corrected chi connectivity index (χ2v) is 6.57. The molecule has 1 fully saturated rings. The van der Waals surface area contributed by atoms with Crippen molar-refractivity contribution in [3.63, 3.8) is 0 Å². The number of rotatable bonds is 5. The summed E-state index contributed by atoms with van der Waals surface area (Å²) in [5.41, 5.74) is 9.05. The molecule has 0 amide bonds. The van der Waals surface area contributed by atoms with Crippen LogP contribution in [0.5, 0.6) is 5.88 Å². The highest BCUT2D eigenvalue weighted by atomic mass is 16.5. The van der Waals surface area contributed by atoms with Crippen LogP contribution in [0.2, 0.25) is 0 Å². The maximum Gasteiger partial charge on any atom is 0.213 e. The minimum absolute atomic E-state index is 0.333.